The van der Waals surface area contributed by atoms with Crippen LogP contribution in [0.25, 0.3) is 17.2 Å². The van der Waals surface area contributed by atoms with Crippen molar-refractivity contribution in [3.63, 3.8) is 0 Å². The number of hydrogen-bond donors (Lipinski definition) is 2. The van der Waals surface area contributed by atoms with E-state index in [-0.39, 0.29) is 6.42 Å². The Morgan fingerprint density at radius 3 is 2.05 bits per heavy atom. The number of carboxylic acids is 1. The predicted octanol–water partition coefficient (Wildman–Crippen LogP) is 6.41. The third kappa shape index (κ3) is 7.82. The highest BCUT2D eigenvalue weighted by atomic mass is 35.5. The second-order valence-corrected chi connectivity index (χ2v) is 8.92. The van der Waals surface area contributed by atoms with Crippen molar-refractivity contribution in [2.45, 2.75) is 19.1 Å². The van der Waals surface area contributed by atoms with E-state index in [1.807, 2.05) is 78.9 Å². The van der Waals surface area contributed by atoms with E-state index in [1.165, 1.54) is 6.08 Å². The van der Waals surface area contributed by atoms with E-state index in [9.17, 15) is 14.7 Å². The normalized spacial score (nSPS) is 11.7. The Morgan fingerprint density at radius 1 is 0.811 bits per heavy atom. The first kappa shape index (κ1) is 25.7. The lowest BCUT2D eigenvalue weighted by Crippen LogP contribution is -2.41. The average Bonchev–Trinajstić information content (AvgIpc) is 2.92. The molecule has 0 radical (unpaired) electrons. The molecule has 0 aliphatic heterocycles. The van der Waals surface area contributed by atoms with Gasteiger partial charge in [-0.15, -0.1) is 0 Å². The molecule has 0 saturated heterocycles. The van der Waals surface area contributed by atoms with E-state index in [0.717, 1.165) is 27.8 Å². The number of nitrogens with one attached hydrogen (secondary N) is 1. The predicted molar refractivity (Wildman–Crippen MR) is 146 cm³/mol. The number of hydrogen-bond acceptors (Lipinski definition) is 3. The maximum atomic E-state index is 12.4. The molecule has 37 heavy (non-hydrogen) atoms. The molecule has 0 saturated carbocycles. The van der Waals surface area contributed by atoms with Crippen LogP contribution in [0.4, 0.5) is 0 Å². The summed E-state index contributed by atoms with van der Waals surface area (Å²) in [6.07, 6.45) is 3.15. The lowest BCUT2D eigenvalue weighted by Gasteiger charge is -2.14. The maximum Gasteiger partial charge on any atom is 0.326 e. The van der Waals surface area contributed by atoms with Gasteiger partial charge in [0.1, 0.15) is 18.4 Å². The molecule has 0 spiro atoms. The minimum absolute atomic E-state index is 0.156. The number of amides is 1. The summed E-state index contributed by atoms with van der Waals surface area (Å²) in [5.41, 5.74) is 4.73. The van der Waals surface area contributed by atoms with Crippen LogP contribution in [-0.4, -0.2) is 23.0 Å². The van der Waals surface area contributed by atoms with Crippen molar-refractivity contribution in [2.75, 3.05) is 0 Å². The third-order valence-corrected chi connectivity index (χ3v) is 5.99. The van der Waals surface area contributed by atoms with Crippen molar-refractivity contribution in [3.8, 4) is 16.9 Å². The molecular formula is C31H26ClNO4. The molecule has 1 atom stereocenters. The fourth-order valence-electron chi connectivity index (χ4n) is 3.72. The zero-order valence-corrected chi connectivity index (χ0v) is 20.8. The minimum atomic E-state index is -1.10. The van der Waals surface area contributed by atoms with Crippen LogP contribution in [0.5, 0.6) is 5.75 Å². The van der Waals surface area contributed by atoms with E-state index in [1.54, 1.807) is 30.3 Å². The molecule has 0 aliphatic carbocycles. The van der Waals surface area contributed by atoms with Gasteiger partial charge in [-0.3, -0.25) is 4.79 Å². The first-order chi connectivity index (χ1) is 18.0. The number of carbonyl (C=O) groups is 2. The Kier molecular flexibility index (Phi) is 8.74. The van der Waals surface area contributed by atoms with Crippen LogP contribution in [0.15, 0.2) is 109 Å². The molecule has 0 aromatic heterocycles. The molecule has 6 heteroatoms. The molecule has 0 fully saturated rings. The summed E-state index contributed by atoms with van der Waals surface area (Å²) in [7, 11) is 0. The molecule has 2 N–H and O–H groups in total. The highest BCUT2D eigenvalue weighted by Gasteiger charge is 2.19. The van der Waals surface area contributed by atoms with Crippen molar-refractivity contribution in [2.24, 2.45) is 0 Å². The van der Waals surface area contributed by atoms with Crippen molar-refractivity contribution in [1.82, 2.24) is 5.32 Å². The van der Waals surface area contributed by atoms with Crippen LogP contribution in [0.3, 0.4) is 0 Å². The van der Waals surface area contributed by atoms with Crippen molar-refractivity contribution in [3.05, 3.63) is 131 Å². The largest absolute Gasteiger partial charge is 0.489 e. The highest BCUT2D eigenvalue weighted by molar-refractivity contribution is 6.30. The van der Waals surface area contributed by atoms with Gasteiger partial charge in [-0.1, -0.05) is 90.5 Å². The number of ether oxygens (including phenoxy) is 1. The Hall–Kier alpha value is -4.35. The maximum absolute atomic E-state index is 12.4. The summed E-state index contributed by atoms with van der Waals surface area (Å²) in [5.74, 6) is -0.885. The van der Waals surface area contributed by atoms with Gasteiger partial charge in [-0.05, 0) is 58.2 Å². The zero-order valence-electron chi connectivity index (χ0n) is 20.0. The molecular weight excluding hydrogens is 486 g/mol. The first-order valence-electron chi connectivity index (χ1n) is 11.8. The Bertz CT molecular complexity index is 1350. The third-order valence-electron chi connectivity index (χ3n) is 5.74. The molecule has 4 aromatic carbocycles. The van der Waals surface area contributed by atoms with Crippen LogP contribution in [-0.2, 0) is 22.6 Å². The second-order valence-electron chi connectivity index (χ2n) is 8.48. The van der Waals surface area contributed by atoms with Gasteiger partial charge in [0.2, 0.25) is 5.91 Å². The monoisotopic (exact) mass is 511 g/mol. The number of carboxylic acid groups (broad SMARTS) is 1. The van der Waals surface area contributed by atoms with Gasteiger partial charge < -0.3 is 15.2 Å². The lowest BCUT2D eigenvalue weighted by molar-refractivity contribution is -0.141. The van der Waals surface area contributed by atoms with Crippen LogP contribution < -0.4 is 10.1 Å². The van der Waals surface area contributed by atoms with Gasteiger partial charge in [0.25, 0.3) is 0 Å². The molecule has 5 nitrogen and oxygen atoms in total. The Labute approximate surface area is 221 Å². The van der Waals surface area contributed by atoms with E-state index in [4.69, 9.17) is 16.3 Å². The molecule has 0 bridgehead atoms. The average molecular weight is 512 g/mol. The summed E-state index contributed by atoms with van der Waals surface area (Å²) < 4.78 is 5.77. The van der Waals surface area contributed by atoms with Crippen LogP contribution in [0, 0.1) is 0 Å². The topological polar surface area (TPSA) is 75.6 Å². The number of halogens is 1. The standard InChI is InChI=1S/C31H26ClNO4/c32-27-15-13-26(14-16-27)25-11-6-22(7-12-25)10-19-30(34)33-29(31(35)36)20-23-8-17-28(18-9-23)37-21-24-4-2-1-3-5-24/h1-19,29H,20-21H2,(H,33,34)(H,35,36)/t29-/m0/s1. The second kappa shape index (κ2) is 12.6. The highest BCUT2D eigenvalue weighted by Crippen LogP contribution is 2.22. The van der Waals surface area contributed by atoms with E-state index >= 15 is 0 Å². The summed E-state index contributed by atoms with van der Waals surface area (Å²) in [5, 5.41) is 12.9. The minimum Gasteiger partial charge on any atom is -0.489 e. The van der Waals surface area contributed by atoms with Gasteiger partial charge in [0, 0.05) is 17.5 Å². The smallest absolute Gasteiger partial charge is 0.326 e. The fourth-order valence-corrected chi connectivity index (χ4v) is 3.85. The fraction of sp³-hybridized carbons (Fsp3) is 0.0968. The molecule has 186 valence electrons. The van der Waals surface area contributed by atoms with Crippen molar-refractivity contribution >= 4 is 29.6 Å². The quantitative estimate of drug-likeness (QED) is 0.241. The van der Waals surface area contributed by atoms with Crippen LogP contribution in [0.1, 0.15) is 16.7 Å². The number of rotatable bonds is 10. The molecule has 4 rings (SSSR count). The van der Waals surface area contributed by atoms with Gasteiger partial charge in [0.15, 0.2) is 0 Å². The van der Waals surface area contributed by atoms with Crippen molar-refractivity contribution < 1.29 is 19.4 Å². The lowest BCUT2D eigenvalue weighted by atomic mass is 10.0. The number of carbonyl (C=O) groups excluding carboxylic acids is 1. The summed E-state index contributed by atoms with van der Waals surface area (Å²) in [4.78, 5) is 24.2. The Balaban J connectivity index is 1.30. The molecule has 0 unspecified atom stereocenters. The molecule has 0 heterocycles. The van der Waals surface area contributed by atoms with E-state index in [0.29, 0.717) is 17.4 Å². The molecule has 0 aliphatic rings. The number of aliphatic carboxylic acids is 1. The van der Waals surface area contributed by atoms with Crippen LogP contribution in [0.2, 0.25) is 5.02 Å². The first-order valence-corrected chi connectivity index (χ1v) is 12.2. The molecule has 4 aromatic rings. The van der Waals surface area contributed by atoms with E-state index in [2.05, 4.69) is 5.32 Å². The Morgan fingerprint density at radius 2 is 1.43 bits per heavy atom. The van der Waals surface area contributed by atoms with Gasteiger partial charge in [-0.25, -0.2) is 4.79 Å². The van der Waals surface area contributed by atoms with Crippen molar-refractivity contribution in [1.29, 1.82) is 0 Å². The van der Waals surface area contributed by atoms with Gasteiger partial charge >= 0.3 is 5.97 Å². The van der Waals surface area contributed by atoms with Gasteiger partial charge in [-0.2, -0.15) is 0 Å². The summed E-state index contributed by atoms with van der Waals surface area (Å²) >= 11 is 5.94. The summed E-state index contributed by atoms with van der Waals surface area (Å²) in [6, 6.07) is 31.2. The molecule has 1 amide bonds. The van der Waals surface area contributed by atoms with Crippen LogP contribution >= 0.6 is 11.6 Å². The SMILES string of the molecule is O=C(C=Cc1ccc(-c2ccc(Cl)cc2)cc1)N[C@@H](Cc1ccc(OCc2ccccc2)cc1)C(=O)O. The number of benzene rings is 4. The summed E-state index contributed by atoms with van der Waals surface area (Å²) in [6.45, 7) is 0.449. The van der Waals surface area contributed by atoms with Gasteiger partial charge in [0.05, 0.1) is 0 Å². The zero-order chi connectivity index (χ0) is 26.0. The van der Waals surface area contributed by atoms with E-state index < -0.39 is 17.9 Å².